The molecule has 1 amide bonds. The normalized spacial score (nSPS) is 34.4. The van der Waals surface area contributed by atoms with Crippen molar-refractivity contribution < 1.29 is 33.3 Å². The summed E-state index contributed by atoms with van der Waals surface area (Å²) in [4.78, 5) is 49.7. The van der Waals surface area contributed by atoms with E-state index in [0.29, 0.717) is 38.3 Å². The first-order valence-corrected chi connectivity index (χ1v) is 18.7. The predicted molar refractivity (Wildman–Crippen MR) is 192 cm³/mol. The van der Waals surface area contributed by atoms with Crippen molar-refractivity contribution >= 4 is 17.7 Å². The number of carbonyl (C=O) groups is 3. The molecule has 49 heavy (non-hydrogen) atoms. The van der Waals surface area contributed by atoms with Gasteiger partial charge in [-0.15, -0.1) is 0 Å². The molecule has 0 saturated carbocycles. The number of hydrogen-bond donors (Lipinski definition) is 0. The van der Waals surface area contributed by atoms with Crippen molar-refractivity contribution in [1.82, 2.24) is 19.6 Å². The highest BCUT2D eigenvalue weighted by molar-refractivity contribution is 6.04. The van der Waals surface area contributed by atoms with Crippen LogP contribution >= 0.6 is 0 Å². The molecule has 0 spiro atoms. The van der Waals surface area contributed by atoms with E-state index in [9.17, 15) is 14.4 Å². The number of hydrogen-bond acceptors (Lipinski definition) is 10. The maximum absolute atomic E-state index is 14.3. The first-order chi connectivity index (χ1) is 22.8. The Morgan fingerprint density at radius 2 is 1.69 bits per heavy atom. The van der Waals surface area contributed by atoms with Gasteiger partial charge < -0.3 is 33.6 Å². The summed E-state index contributed by atoms with van der Waals surface area (Å²) in [7, 11) is 9.99. The standard InChI is InChI=1S/C38H70N4O7/c1-25(2)20-40(11)16-14-15-32(43)42-22-29(23-42)31-24-47-36(45)37(6,7)34(44)28(5)35(38(8,46-13)19-26(3)21-41(31)12)49-33-18-30(39(9)10)17-27(4)48-33/h25-31,33,35H,14-24H2,1-13H3/t26-,27-,28+,30+,31?,33?,35-,38-/m1/s1. The van der Waals surface area contributed by atoms with Gasteiger partial charge >= 0.3 is 5.97 Å². The number of amides is 1. The topological polar surface area (TPSA) is 101 Å². The zero-order valence-corrected chi connectivity index (χ0v) is 33.1. The van der Waals surface area contributed by atoms with E-state index in [2.05, 4.69) is 70.6 Å². The molecular formula is C38H70N4O7. The third kappa shape index (κ3) is 10.9. The number of likely N-dealkylation sites (N-methyl/N-ethyl adjacent to an activating group) is 1. The van der Waals surface area contributed by atoms with Crippen LogP contribution in [0.25, 0.3) is 0 Å². The van der Waals surface area contributed by atoms with Crippen molar-refractivity contribution in [3.63, 3.8) is 0 Å². The Bertz CT molecular complexity index is 1100. The first-order valence-electron chi connectivity index (χ1n) is 18.7. The number of carbonyl (C=O) groups excluding carboxylic acids is 3. The zero-order valence-electron chi connectivity index (χ0n) is 33.1. The van der Waals surface area contributed by atoms with Crippen LogP contribution in [0, 0.1) is 29.1 Å². The molecule has 8 atom stereocenters. The number of methoxy groups -OCH3 is 1. The Labute approximate surface area is 297 Å². The van der Waals surface area contributed by atoms with Gasteiger partial charge in [0.15, 0.2) is 12.1 Å². The molecule has 0 aromatic heterocycles. The Balaban J connectivity index is 1.78. The molecule has 11 nitrogen and oxygen atoms in total. The first kappa shape index (κ1) is 41.8. The monoisotopic (exact) mass is 695 g/mol. The quantitative estimate of drug-likeness (QED) is 0.232. The Hall–Kier alpha value is -1.63. The minimum Gasteiger partial charge on any atom is -0.463 e. The summed E-state index contributed by atoms with van der Waals surface area (Å²) in [6.45, 7) is 19.9. The summed E-state index contributed by atoms with van der Waals surface area (Å²) >= 11 is 0. The van der Waals surface area contributed by atoms with Gasteiger partial charge in [-0.1, -0.05) is 27.7 Å². The van der Waals surface area contributed by atoms with Crippen LogP contribution in [0.3, 0.4) is 0 Å². The summed E-state index contributed by atoms with van der Waals surface area (Å²) in [5.74, 6) is -0.331. The summed E-state index contributed by atoms with van der Waals surface area (Å²) in [5.41, 5.74) is -2.23. The summed E-state index contributed by atoms with van der Waals surface area (Å²) < 4.78 is 25.3. The number of Topliss-reactive ketones (excluding diaryl/α,β-unsaturated/α-hetero) is 1. The van der Waals surface area contributed by atoms with E-state index in [1.807, 2.05) is 18.7 Å². The van der Waals surface area contributed by atoms with Crippen LogP contribution in [-0.4, -0.2) is 148 Å². The molecule has 3 rings (SSSR count). The molecule has 3 aliphatic rings. The Kier molecular flexibility index (Phi) is 15.1. The number of cyclic esters (lactones) is 1. The lowest BCUT2D eigenvalue weighted by molar-refractivity contribution is -0.263. The van der Waals surface area contributed by atoms with Crippen LogP contribution in [0.4, 0.5) is 0 Å². The molecule has 284 valence electrons. The SMILES string of the molecule is CO[C@]1(C)C[C@@H](C)CN(C)C(C2CN(C(=O)CCCN(C)CC(C)C)C2)COC(=O)C(C)(C)C(=O)[C@H](C)[C@H]1OC1C[C@@H](N(C)C)C[C@@H](C)O1. The second-order valence-electron chi connectivity index (χ2n) is 17.0. The maximum atomic E-state index is 14.3. The predicted octanol–water partition coefficient (Wildman–Crippen LogP) is 4.17. The Morgan fingerprint density at radius 1 is 1.04 bits per heavy atom. The number of ether oxygens (including phenoxy) is 4. The van der Waals surface area contributed by atoms with E-state index >= 15 is 0 Å². The van der Waals surface area contributed by atoms with Gasteiger partial charge in [-0.25, -0.2) is 0 Å². The average Bonchev–Trinajstić information content (AvgIpc) is 2.98. The highest BCUT2D eigenvalue weighted by Crippen LogP contribution is 2.38. The number of esters is 1. The minimum absolute atomic E-state index is 0.00536. The lowest BCUT2D eigenvalue weighted by atomic mass is 9.74. The molecule has 3 heterocycles. The maximum Gasteiger partial charge on any atom is 0.319 e. The largest absolute Gasteiger partial charge is 0.463 e. The number of rotatable bonds is 11. The highest BCUT2D eigenvalue weighted by Gasteiger charge is 2.51. The Morgan fingerprint density at radius 3 is 2.29 bits per heavy atom. The van der Waals surface area contributed by atoms with Gasteiger partial charge in [-0.05, 0) is 93.5 Å². The molecule has 11 heteroatoms. The third-order valence-corrected chi connectivity index (χ3v) is 11.3. The van der Waals surface area contributed by atoms with Gasteiger partial charge in [0.2, 0.25) is 5.91 Å². The fourth-order valence-corrected chi connectivity index (χ4v) is 8.34. The molecule has 2 unspecified atom stereocenters. The molecule has 0 radical (unpaired) electrons. The van der Waals surface area contributed by atoms with Gasteiger partial charge in [0.1, 0.15) is 12.0 Å². The van der Waals surface area contributed by atoms with Crippen molar-refractivity contribution in [2.24, 2.45) is 29.1 Å². The molecule has 0 aliphatic carbocycles. The van der Waals surface area contributed by atoms with E-state index < -0.39 is 35.3 Å². The summed E-state index contributed by atoms with van der Waals surface area (Å²) in [6, 6.07) is 0.200. The fourth-order valence-electron chi connectivity index (χ4n) is 8.34. The second-order valence-corrected chi connectivity index (χ2v) is 17.0. The number of likely N-dealkylation sites (tertiary alicyclic amines) is 1. The molecule has 0 aromatic carbocycles. The van der Waals surface area contributed by atoms with E-state index in [-0.39, 0.29) is 48.3 Å². The van der Waals surface area contributed by atoms with Crippen LogP contribution in [0.15, 0.2) is 0 Å². The highest BCUT2D eigenvalue weighted by atomic mass is 16.7. The lowest BCUT2D eigenvalue weighted by Crippen LogP contribution is -2.59. The molecule has 3 saturated heterocycles. The smallest absolute Gasteiger partial charge is 0.319 e. The van der Waals surface area contributed by atoms with Crippen molar-refractivity contribution in [1.29, 1.82) is 0 Å². The van der Waals surface area contributed by atoms with Crippen LogP contribution in [-0.2, 0) is 33.3 Å². The van der Waals surface area contributed by atoms with Crippen molar-refractivity contribution in [3.05, 3.63) is 0 Å². The van der Waals surface area contributed by atoms with Crippen LogP contribution in [0.5, 0.6) is 0 Å². The lowest BCUT2D eigenvalue weighted by Gasteiger charge is -2.47. The van der Waals surface area contributed by atoms with E-state index in [0.717, 1.165) is 32.5 Å². The van der Waals surface area contributed by atoms with Gasteiger partial charge in [0.05, 0.1) is 17.8 Å². The third-order valence-electron chi connectivity index (χ3n) is 11.3. The van der Waals surface area contributed by atoms with Crippen LogP contribution in [0.2, 0.25) is 0 Å². The fraction of sp³-hybridized carbons (Fsp3) is 0.921. The van der Waals surface area contributed by atoms with Crippen molar-refractivity contribution in [2.45, 2.75) is 124 Å². The average molecular weight is 695 g/mol. The zero-order chi connectivity index (χ0) is 36.8. The van der Waals surface area contributed by atoms with Crippen molar-refractivity contribution in [3.8, 4) is 0 Å². The van der Waals surface area contributed by atoms with Gasteiger partial charge in [0, 0.05) is 70.0 Å². The molecule has 0 N–H and O–H groups in total. The molecule has 0 bridgehead atoms. The van der Waals surface area contributed by atoms with Crippen LogP contribution in [0.1, 0.15) is 87.5 Å². The summed E-state index contributed by atoms with van der Waals surface area (Å²) in [6.07, 6.45) is 2.43. The molecule has 0 aromatic rings. The van der Waals surface area contributed by atoms with Gasteiger partial charge in [0.25, 0.3) is 0 Å². The van der Waals surface area contributed by atoms with Crippen LogP contribution < -0.4 is 0 Å². The van der Waals surface area contributed by atoms with E-state index in [1.54, 1.807) is 21.0 Å². The summed E-state index contributed by atoms with van der Waals surface area (Å²) in [5, 5.41) is 0. The molecule has 3 fully saturated rings. The van der Waals surface area contributed by atoms with E-state index in [1.165, 1.54) is 0 Å². The molecule has 3 aliphatic heterocycles. The van der Waals surface area contributed by atoms with Gasteiger partial charge in [-0.3, -0.25) is 19.3 Å². The minimum atomic E-state index is -1.39. The second kappa shape index (κ2) is 17.7. The van der Waals surface area contributed by atoms with E-state index in [4.69, 9.17) is 18.9 Å². The number of nitrogens with zero attached hydrogens (tertiary/aromatic N) is 4. The molecular weight excluding hydrogens is 624 g/mol. The number of ketones is 1. The van der Waals surface area contributed by atoms with Gasteiger partial charge in [-0.2, -0.15) is 0 Å². The van der Waals surface area contributed by atoms with Crippen molar-refractivity contribution in [2.75, 3.05) is 74.6 Å².